The lowest BCUT2D eigenvalue weighted by Gasteiger charge is -1.98. The Morgan fingerprint density at radius 3 is 2.27 bits per heavy atom. The van der Waals surface area contributed by atoms with Gasteiger partial charge in [0.2, 0.25) is 0 Å². The number of hydrogen-bond donors (Lipinski definition) is 0. The maximum atomic E-state index is 11.3. The third-order valence-electron chi connectivity index (χ3n) is 3.01. The first-order valence-electron chi connectivity index (χ1n) is 4.79. The fraction of sp³-hybridized carbons (Fsp3) is 0.636. The van der Waals surface area contributed by atoms with Crippen LogP contribution in [0.4, 0.5) is 0 Å². The number of carbonyl (C=O) groups excluding carboxylic acids is 2. The molecule has 0 radical (unpaired) electrons. The second-order valence-electron chi connectivity index (χ2n) is 4.23. The van der Waals surface area contributed by atoms with E-state index in [4.69, 9.17) is 0 Å². The van der Waals surface area contributed by atoms with Gasteiger partial charge in [0.25, 0.3) is 0 Å². The molecular formula is C11H16O4. The largest absolute Gasteiger partial charge is 0.469 e. The van der Waals surface area contributed by atoms with Crippen molar-refractivity contribution in [3.05, 3.63) is 12.2 Å². The van der Waals surface area contributed by atoms with Crippen molar-refractivity contribution >= 4 is 11.9 Å². The normalized spacial score (nSPS) is 27.5. The molecule has 0 amide bonds. The maximum absolute atomic E-state index is 11.3. The second kappa shape index (κ2) is 4.04. The van der Waals surface area contributed by atoms with Crippen LogP contribution in [0.3, 0.4) is 0 Å². The molecule has 84 valence electrons. The molecule has 0 N–H and O–H groups in total. The van der Waals surface area contributed by atoms with Gasteiger partial charge in [-0.1, -0.05) is 19.9 Å². The van der Waals surface area contributed by atoms with Gasteiger partial charge in [0.1, 0.15) is 0 Å². The van der Waals surface area contributed by atoms with E-state index in [1.807, 2.05) is 13.8 Å². The van der Waals surface area contributed by atoms with E-state index in [-0.39, 0.29) is 23.2 Å². The second-order valence-corrected chi connectivity index (χ2v) is 4.23. The summed E-state index contributed by atoms with van der Waals surface area (Å²) < 4.78 is 9.16. The lowest BCUT2D eigenvalue weighted by molar-refractivity contribution is -0.143. The first kappa shape index (κ1) is 11.8. The van der Waals surface area contributed by atoms with Gasteiger partial charge in [-0.25, -0.2) is 4.79 Å². The zero-order valence-electron chi connectivity index (χ0n) is 9.44. The molecule has 0 aromatic heterocycles. The van der Waals surface area contributed by atoms with Crippen LogP contribution in [0.25, 0.3) is 0 Å². The summed E-state index contributed by atoms with van der Waals surface area (Å²) in [6.45, 7) is 3.95. The molecule has 0 bridgehead atoms. The first-order chi connectivity index (χ1) is 6.95. The summed E-state index contributed by atoms with van der Waals surface area (Å²) in [5.41, 5.74) is -0.127. The Labute approximate surface area is 89.2 Å². The molecule has 2 atom stereocenters. The van der Waals surface area contributed by atoms with E-state index in [1.54, 1.807) is 6.08 Å². The molecule has 0 aromatic carbocycles. The Balaban J connectivity index is 2.63. The Bertz CT molecular complexity index is 304. The molecule has 1 fully saturated rings. The zero-order valence-corrected chi connectivity index (χ0v) is 9.44. The maximum Gasteiger partial charge on any atom is 0.330 e. The standard InChI is InChI=1S/C11H16O4/c1-11(2)7(5-6-8(12)14-3)9(11)10(13)15-4/h5-7,9H,1-4H3/b6-5+/t7-,9-/m0/s1. The Kier molecular flexibility index (Phi) is 3.17. The van der Waals surface area contributed by atoms with Crippen LogP contribution < -0.4 is 0 Å². The van der Waals surface area contributed by atoms with Gasteiger partial charge in [-0.15, -0.1) is 0 Å². The Hall–Kier alpha value is -1.32. The van der Waals surface area contributed by atoms with E-state index in [2.05, 4.69) is 9.47 Å². The molecule has 0 spiro atoms. The highest BCUT2D eigenvalue weighted by Gasteiger charge is 2.61. The van der Waals surface area contributed by atoms with E-state index >= 15 is 0 Å². The summed E-state index contributed by atoms with van der Waals surface area (Å²) >= 11 is 0. The van der Waals surface area contributed by atoms with Gasteiger partial charge in [0.05, 0.1) is 20.1 Å². The molecule has 0 heterocycles. The molecule has 4 heteroatoms. The average molecular weight is 212 g/mol. The fourth-order valence-corrected chi connectivity index (χ4v) is 1.86. The van der Waals surface area contributed by atoms with Crippen LogP contribution in [-0.2, 0) is 19.1 Å². The summed E-state index contributed by atoms with van der Waals surface area (Å²) in [4.78, 5) is 22.2. The van der Waals surface area contributed by atoms with Crippen LogP contribution in [0, 0.1) is 17.3 Å². The van der Waals surface area contributed by atoms with Crippen molar-refractivity contribution in [2.45, 2.75) is 13.8 Å². The smallest absolute Gasteiger partial charge is 0.330 e. The SMILES string of the molecule is COC(=O)/C=C/[C@H]1[C@@H](C(=O)OC)C1(C)C. The van der Waals surface area contributed by atoms with E-state index in [9.17, 15) is 9.59 Å². The van der Waals surface area contributed by atoms with E-state index < -0.39 is 5.97 Å². The van der Waals surface area contributed by atoms with Gasteiger partial charge in [-0.2, -0.15) is 0 Å². The van der Waals surface area contributed by atoms with Gasteiger partial charge < -0.3 is 9.47 Å². The molecule has 1 saturated carbocycles. The lowest BCUT2D eigenvalue weighted by atomic mass is 10.1. The third kappa shape index (κ3) is 2.19. The van der Waals surface area contributed by atoms with Crippen molar-refractivity contribution in [1.29, 1.82) is 0 Å². The van der Waals surface area contributed by atoms with Crippen LogP contribution in [0.1, 0.15) is 13.8 Å². The molecule has 0 aliphatic heterocycles. The predicted octanol–water partition coefficient (Wildman–Crippen LogP) is 1.16. The van der Waals surface area contributed by atoms with E-state index in [1.165, 1.54) is 20.3 Å². The van der Waals surface area contributed by atoms with E-state index in [0.717, 1.165) is 0 Å². The molecule has 1 rings (SSSR count). The topological polar surface area (TPSA) is 52.6 Å². The van der Waals surface area contributed by atoms with Crippen LogP contribution in [0.2, 0.25) is 0 Å². The Morgan fingerprint density at radius 1 is 1.20 bits per heavy atom. The van der Waals surface area contributed by atoms with Crippen molar-refractivity contribution in [3.8, 4) is 0 Å². The predicted molar refractivity (Wildman–Crippen MR) is 53.9 cm³/mol. The quantitative estimate of drug-likeness (QED) is 0.520. The molecule has 0 saturated heterocycles. The first-order valence-corrected chi connectivity index (χ1v) is 4.79. The van der Waals surface area contributed by atoms with Crippen molar-refractivity contribution in [3.63, 3.8) is 0 Å². The van der Waals surface area contributed by atoms with Gasteiger partial charge in [-0.05, 0) is 11.3 Å². The minimum Gasteiger partial charge on any atom is -0.469 e. The van der Waals surface area contributed by atoms with Crippen LogP contribution >= 0.6 is 0 Å². The van der Waals surface area contributed by atoms with Crippen molar-refractivity contribution in [1.82, 2.24) is 0 Å². The highest BCUT2D eigenvalue weighted by molar-refractivity contribution is 5.83. The molecule has 1 aliphatic carbocycles. The fourth-order valence-electron chi connectivity index (χ4n) is 1.86. The average Bonchev–Trinajstić information content (AvgIpc) is 2.75. The Morgan fingerprint density at radius 2 is 1.80 bits per heavy atom. The molecule has 0 unspecified atom stereocenters. The van der Waals surface area contributed by atoms with Crippen LogP contribution in [0.15, 0.2) is 12.2 Å². The van der Waals surface area contributed by atoms with Gasteiger partial charge in [0.15, 0.2) is 0 Å². The molecule has 15 heavy (non-hydrogen) atoms. The minimum absolute atomic E-state index is 0.0593. The molecular weight excluding hydrogens is 196 g/mol. The monoisotopic (exact) mass is 212 g/mol. The summed E-state index contributed by atoms with van der Waals surface area (Å²) in [5, 5.41) is 0. The van der Waals surface area contributed by atoms with Gasteiger partial charge in [0, 0.05) is 6.08 Å². The number of allylic oxidation sites excluding steroid dienone is 1. The van der Waals surface area contributed by atoms with E-state index in [0.29, 0.717) is 0 Å². The van der Waals surface area contributed by atoms with Crippen LogP contribution in [-0.4, -0.2) is 26.2 Å². The minimum atomic E-state index is -0.402. The van der Waals surface area contributed by atoms with Gasteiger partial charge >= 0.3 is 11.9 Å². The summed E-state index contributed by atoms with van der Waals surface area (Å²) in [7, 11) is 2.69. The number of hydrogen-bond acceptors (Lipinski definition) is 4. The lowest BCUT2D eigenvalue weighted by Crippen LogP contribution is -2.07. The van der Waals surface area contributed by atoms with Gasteiger partial charge in [-0.3, -0.25) is 4.79 Å². The molecule has 0 aromatic rings. The number of carbonyl (C=O) groups is 2. The number of rotatable bonds is 3. The van der Waals surface area contributed by atoms with Crippen molar-refractivity contribution in [2.75, 3.05) is 14.2 Å². The highest BCUT2D eigenvalue weighted by atomic mass is 16.5. The number of ether oxygens (including phenoxy) is 2. The summed E-state index contributed by atoms with van der Waals surface area (Å²) in [5.74, 6) is -0.715. The van der Waals surface area contributed by atoms with Crippen LogP contribution in [0.5, 0.6) is 0 Å². The summed E-state index contributed by atoms with van der Waals surface area (Å²) in [6.07, 6.45) is 3.07. The van der Waals surface area contributed by atoms with Crippen molar-refractivity contribution in [2.24, 2.45) is 17.3 Å². The zero-order chi connectivity index (χ0) is 11.6. The van der Waals surface area contributed by atoms with Crippen molar-refractivity contribution < 1.29 is 19.1 Å². The number of methoxy groups -OCH3 is 2. The highest BCUT2D eigenvalue weighted by Crippen LogP contribution is 2.59. The third-order valence-corrected chi connectivity index (χ3v) is 3.01. The number of esters is 2. The summed E-state index contributed by atoms with van der Waals surface area (Å²) in [6, 6.07) is 0. The molecule has 1 aliphatic rings. The molecule has 4 nitrogen and oxygen atoms in total.